The zero-order chi connectivity index (χ0) is 18.7. The summed E-state index contributed by atoms with van der Waals surface area (Å²) in [6.45, 7) is 0. The van der Waals surface area contributed by atoms with Gasteiger partial charge in [-0.15, -0.1) is 0 Å². The van der Waals surface area contributed by atoms with Crippen LogP contribution in [-0.4, -0.2) is 27.5 Å². The van der Waals surface area contributed by atoms with Gasteiger partial charge in [0.2, 0.25) is 5.96 Å². The van der Waals surface area contributed by atoms with Gasteiger partial charge in [0.15, 0.2) is 5.78 Å². The Hall–Kier alpha value is -3.68. The summed E-state index contributed by atoms with van der Waals surface area (Å²) in [6.07, 6.45) is 3.28. The van der Waals surface area contributed by atoms with Crippen molar-refractivity contribution < 1.29 is 14.4 Å². The second-order valence-electron chi connectivity index (χ2n) is 5.76. The fourth-order valence-corrected chi connectivity index (χ4v) is 2.54. The molecule has 0 aliphatic rings. The number of aryl methyl sites for hydroxylation is 1. The summed E-state index contributed by atoms with van der Waals surface area (Å²) in [6, 6.07) is 11.1. The van der Waals surface area contributed by atoms with E-state index in [0.717, 1.165) is 21.9 Å². The van der Waals surface area contributed by atoms with Crippen molar-refractivity contribution >= 4 is 28.5 Å². The maximum Gasteiger partial charge on any atom is 0.342 e. The third kappa shape index (κ3) is 3.86. The van der Waals surface area contributed by atoms with Gasteiger partial charge in [-0.3, -0.25) is 9.48 Å². The van der Waals surface area contributed by atoms with Crippen LogP contribution in [0.2, 0.25) is 0 Å². The number of aromatic nitrogens is 2. The Morgan fingerprint density at radius 2 is 1.85 bits per heavy atom. The lowest BCUT2D eigenvalue weighted by Gasteiger charge is -2.05. The van der Waals surface area contributed by atoms with E-state index >= 15 is 0 Å². The van der Waals surface area contributed by atoms with Gasteiger partial charge in [0.25, 0.3) is 0 Å². The lowest BCUT2D eigenvalue weighted by atomic mass is 9.99. The van der Waals surface area contributed by atoms with Crippen LogP contribution in [-0.2, 0) is 16.7 Å². The normalized spacial score (nSPS) is 10.5. The molecule has 0 saturated carbocycles. The summed E-state index contributed by atoms with van der Waals surface area (Å²) in [5.41, 5.74) is 12.6. The lowest BCUT2D eigenvalue weighted by Crippen LogP contribution is -2.23. The van der Waals surface area contributed by atoms with E-state index in [-0.39, 0.29) is 11.7 Å². The van der Waals surface area contributed by atoms with Gasteiger partial charge >= 0.3 is 5.97 Å². The highest BCUT2D eigenvalue weighted by atomic mass is 16.7. The van der Waals surface area contributed by atoms with Crippen LogP contribution in [0.15, 0.2) is 53.9 Å². The van der Waals surface area contributed by atoms with Gasteiger partial charge in [-0.25, -0.2) is 4.79 Å². The molecule has 3 aromatic rings. The summed E-state index contributed by atoms with van der Waals surface area (Å²) in [5, 5.41) is 9.16. The number of carbonyl (C=O) groups is 2. The maximum absolute atomic E-state index is 12.2. The van der Waals surface area contributed by atoms with E-state index in [1.807, 2.05) is 37.5 Å². The molecule has 0 bridgehead atoms. The minimum absolute atomic E-state index is 0.376. The number of hydrogen-bond donors (Lipinski definition) is 2. The van der Waals surface area contributed by atoms with Gasteiger partial charge in [0, 0.05) is 24.4 Å². The van der Waals surface area contributed by atoms with Gasteiger partial charge in [-0.1, -0.05) is 24.3 Å². The monoisotopic (exact) mass is 351 g/mol. The summed E-state index contributed by atoms with van der Waals surface area (Å²) >= 11 is 0. The molecule has 0 fully saturated rings. The fourth-order valence-electron chi connectivity index (χ4n) is 2.54. The molecule has 132 valence electrons. The van der Waals surface area contributed by atoms with Crippen LogP contribution in [0, 0.1) is 0 Å². The molecule has 0 aliphatic carbocycles. The molecule has 0 saturated heterocycles. The minimum Gasteiger partial charge on any atom is -0.367 e. The Balaban J connectivity index is 1.80. The van der Waals surface area contributed by atoms with E-state index < -0.39 is 12.4 Å². The van der Waals surface area contributed by atoms with E-state index in [1.54, 1.807) is 23.0 Å². The van der Waals surface area contributed by atoms with Gasteiger partial charge in [0.1, 0.15) is 6.42 Å². The summed E-state index contributed by atoms with van der Waals surface area (Å²) < 4.78 is 1.74. The number of guanidine groups is 1. The molecule has 8 heteroatoms. The number of nitrogens with zero attached hydrogens (tertiary/aromatic N) is 3. The predicted molar refractivity (Wildman–Crippen MR) is 97.0 cm³/mol. The number of hydrogen-bond acceptors (Lipinski definition) is 5. The molecule has 26 heavy (non-hydrogen) atoms. The van der Waals surface area contributed by atoms with Gasteiger partial charge in [-0.05, 0) is 33.6 Å². The highest BCUT2D eigenvalue weighted by Gasteiger charge is 2.14. The molecule has 0 amide bonds. The molecule has 1 heterocycles. The number of Topliss-reactive ketones (excluding diaryl/α,β-unsaturated/α-hetero) is 1. The summed E-state index contributed by atoms with van der Waals surface area (Å²) in [5.74, 6) is -1.59. The predicted octanol–water partition coefficient (Wildman–Crippen LogP) is 1.54. The van der Waals surface area contributed by atoms with Crippen molar-refractivity contribution in [3.63, 3.8) is 0 Å². The molecular weight excluding hydrogens is 334 g/mol. The third-order valence-electron chi connectivity index (χ3n) is 3.76. The summed E-state index contributed by atoms with van der Waals surface area (Å²) in [4.78, 5) is 28.2. The van der Waals surface area contributed by atoms with Gasteiger partial charge in [-0.2, -0.15) is 5.10 Å². The van der Waals surface area contributed by atoms with Crippen molar-refractivity contribution in [1.29, 1.82) is 0 Å². The lowest BCUT2D eigenvalue weighted by molar-refractivity contribution is -0.142. The molecule has 4 N–H and O–H groups in total. The smallest absolute Gasteiger partial charge is 0.342 e. The van der Waals surface area contributed by atoms with E-state index in [0.29, 0.717) is 5.56 Å². The first kappa shape index (κ1) is 17.2. The second-order valence-corrected chi connectivity index (χ2v) is 5.76. The number of ketones is 1. The van der Waals surface area contributed by atoms with E-state index in [1.165, 1.54) is 0 Å². The molecule has 2 aromatic carbocycles. The second kappa shape index (κ2) is 7.06. The highest BCUT2D eigenvalue weighted by molar-refractivity contribution is 6.07. The first-order chi connectivity index (χ1) is 12.4. The Bertz CT molecular complexity index is 1020. The maximum atomic E-state index is 12.2. The third-order valence-corrected chi connectivity index (χ3v) is 3.76. The molecule has 0 aliphatic heterocycles. The molecule has 8 nitrogen and oxygen atoms in total. The van der Waals surface area contributed by atoms with E-state index in [2.05, 4.69) is 15.1 Å². The van der Waals surface area contributed by atoms with Crippen molar-refractivity contribution in [3.05, 3.63) is 54.4 Å². The van der Waals surface area contributed by atoms with Crippen molar-refractivity contribution in [2.24, 2.45) is 23.7 Å². The number of oxime groups is 1. The van der Waals surface area contributed by atoms with E-state index in [4.69, 9.17) is 11.5 Å². The Kier molecular flexibility index (Phi) is 4.66. The largest absolute Gasteiger partial charge is 0.367 e. The van der Waals surface area contributed by atoms with Crippen LogP contribution in [0.3, 0.4) is 0 Å². The number of nitrogens with two attached hydrogens (primary N) is 2. The molecule has 0 spiro atoms. The van der Waals surface area contributed by atoms with Gasteiger partial charge in [0.05, 0.1) is 6.20 Å². The number of benzene rings is 2. The first-order valence-corrected chi connectivity index (χ1v) is 7.77. The Morgan fingerprint density at radius 1 is 1.12 bits per heavy atom. The zero-order valence-electron chi connectivity index (χ0n) is 14.0. The quantitative estimate of drug-likeness (QED) is 0.179. The molecule has 3 rings (SSSR count). The zero-order valence-corrected chi connectivity index (χ0v) is 14.0. The topological polar surface area (TPSA) is 126 Å². The van der Waals surface area contributed by atoms with Crippen molar-refractivity contribution in [1.82, 2.24) is 9.78 Å². The average Bonchev–Trinajstić information content (AvgIpc) is 3.05. The highest BCUT2D eigenvalue weighted by Crippen LogP contribution is 2.25. The van der Waals surface area contributed by atoms with Gasteiger partial charge < -0.3 is 16.3 Å². The minimum atomic E-state index is -0.824. The molecule has 0 atom stereocenters. The number of rotatable bonds is 5. The summed E-state index contributed by atoms with van der Waals surface area (Å²) in [7, 11) is 1.86. The molecule has 0 radical (unpaired) electrons. The molecule has 1 aromatic heterocycles. The Labute approximate surface area is 149 Å². The Morgan fingerprint density at radius 3 is 2.54 bits per heavy atom. The van der Waals surface area contributed by atoms with Crippen molar-refractivity contribution in [2.75, 3.05) is 0 Å². The first-order valence-electron chi connectivity index (χ1n) is 7.77. The van der Waals surface area contributed by atoms with Crippen molar-refractivity contribution in [2.45, 2.75) is 6.42 Å². The average molecular weight is 351 g/mol. The standard InChI is InChI=1S/C18H17N5O3/c1-23-10-15(9-21-23)13-3-2-12-7-14(5-4-11(12)6-13)16(24)8-17(25)26-22-18(19)20/h2-7,9-10H,8H2,1H3,(H4,19,20,22). The fraction of sp³-hybridized carbons (Fsp3) is 0.111. The van der Waals surface area contributed by atoms with E-state index in [9.17, 15) is 9.59 Å². The van der Waals surface area contributed by atoms with Crippen LogP contribution < -0.4 is 11.5 Å². The number of fused-ring (bicyclic) bond motifs is 1. The van der Waals surface area contributed by atoms with Crippen LogP contribution in [0.25, 0.3) is 21.9 Å². The van der Waals surface area contributed by atoms with Crippen LogP contribution in [0.1, 0.15) is 16.8 Å². The van der Waals surface area contributed by atoms with Crippen molar-refractivity contribution in [3.8, 4) is 11.1 Å². The molecule has 0 unspecified atom stereocenters. The SMILES string of the molecule is Cn1cc(-c2ccc3cc(C(=O)CC(=O)ON=C(N)N)ccc3c2)cn1. The molecular formula is C18H17N5O3. The van der Waals surface area contributed by atoms with Crippen LogP contribution in [0.4, 0.5) is 0 Å². The number of carbonyl (C=O) groups excluding carboxylic acids is 2. The van der Waals surface area contributed by atoms with Crippen LogP contribution in [0.5, 0.6) is 0 Å². The van der Waals surface area contributed by atoms with Crippen LogP contribution >= 0.6 is 0 Å².